The fraction of sp³-hybridized carbons (Fsp3) is 0.353. The summed E-state index contributed by atoms with van der Waals surface area (Å²) in [5.74, 6) is 0. The first kappa shape index (κ1) is 26.7. The van der Waals surface area contributed by atoms with Gasteiger partial charge in [-0.05, 0) is 122 Å². The van der Waals surface area contributed by atoms with E-state index in [2.05, 4.69) is 84.6 Å². The molecule has 5 rings (SSSR count). The lowest BCUT2D eigenvalue weighted by Crippen LogP contribution is -1.86. The molecule has 5 heteroatoms. The molecular weight excluding hydrogens is 478 g/mol. The highest BCUT2D eigenvalue weighted by atomic mass is 14.8. The van der Waals surface area contributed by atoms with Crippen molar-refractivity contribution in [1.82, 2.24) is 24.9 Å². The lowest BCUT2D eigenvalue weighted by Gasteiger charge is -2.03. The summed E-state index contributed by atoms with van der Waals surface area (Å²) in [7, 11) is 0. The van der Waals surface area contributed by atoms with Gasteiger partial charge in [0.1, 0.15) is 0 Å². The minimum absolute atomic E-state index is 0.846. The van der Waals surface area contributed by atoms with Gasteiger partial charge in [-0.2, -0.15) is 0 Å². The third-order valence-corrected chi connectivity index (χ3v) is 8.28. The maximum absolute atomic E-state index is 5.19. The molecule has 0 saturated heterocycles. The fourth-order valence-corrected chi connectivity index (χ4v) is 5.83. The summed E-state index contributed by atoms with van der Waals surface area (Å²) in [5.41, 5.74) is 17.8. The second-order valence-corrected chi connectivity index (χ2v) is 10.5. The molecule has 0 atom stereocenters. The van der Waals surface area contributed by atoms with Gasteiger partial charge in [0.2, 0.25) is 0 Å². The minimum Gasteiger partial charge on any atom is -0.354 e. The molecule has 2 aliphatic rings. The van der Waals surface area contributed by atoms with E-state index in [1.165, 1.54) is 44.5 Å². The zero-order chi connectivity index (χ0) is 27.8. The van der Waals surface area contributed by atoms with E-state index in [-0.39, 0.29) is 0 Å². The maximum atomic E-state index is 5.19. The Hall–Kier alpha value is -3.86. The SMILES string of the molecule is CCC1=C(C)c2cnc3cc(C)c(C)cc3ncc3[nH]c(cc4nc(cc1n2)C(CC)=C4CC)c(CC)c3C. The number of nitrogens with one attached hydrogen (secondary N) is 1. The van der Waals surface area contributed by atoms with E-state index >= 15 is 0 Å². The van der Waals surface area contributed by atoms with Crippen LogP contribution in [0.15, 0.2) is 36.7 Å². The number of rotatable bonds is 4. The Kier molecular flexibility index (Phi) is 7.35. The molecule has 200 valence electrons. The lowest BCUT2D eigenvalue weighted by molar-refractivity contribution is 1.14. The molecule has 0 fully saturated rings. The molecule has 1 aromatic carbocycles. The van der Waals surface area contributed by atoms with E-state index in [1.807, 2.05) is 12.4 Å². The van der Waals surface area contributed by atoms with Gasteiger partial charge in [-0.3, -0.25) is 9.97 Å². The summed E-state index contributed by atoms with van der Waals surface area (Å²) in [4.78, 5) is 23.8. The Morgan fingerprint density at radius 3 is 1.69 bits per heavy atom. The molecule has 1 N–H and O–H groups in total. The summed E-state index contributed by atoms with van der Waals surface area (Å²) in [6.45, 7) is 17.4. The highest BCUT2D eigenvalue weighted by Gasteiger charge is 2.21. The number of aromatic amines is 1. The van der Waals surface area contributed by atoms with Gasteiger partial charge in [0.25, 0.3) is 0 Å². The second kappa shape index (κ2) is 10.7. The number of nitrogens with zero attached hydrogens (tertiary/aromatic N) is 4. The smallest absolute Gasteiger partial charge is 0.0889 e. The first-order valence-corrected chi connectivity index (χ1v) is 14.2. The number of allylic oxidation sites excluding steroid dienone is 4. The van der Waals surface area contributed by atoms with Crippen LogP contribution in [0.1, 0.15) is 98.9 Å². The Morgan fingerprint density at radius 2 is 1.10 bits per heavy atom. The average Bonchev–Trinajstić information content (AvgIpc) is 3.52. The Balaban J connectivity index is 1.97. The Labute approximate surface area is 231 Å². The van der Waals surface area contributed by atoms with Gasteiger partial charge in [-0.15, -0.1) is 0 Å². The van der Waals surface area contributed by atoms with Gasteiger partial charge in [0, 0.05) is 5.52 Å². The first-order valence-electron chi connectivity index (χ1n) is 14.2. The summed E-state index contributed by atoms with van der Waals surface area (Å²) < 4.78 is 0. The van der Waals surface area contributed by atoms with Crippen molar-refractivity contribution in [2.75, 3.05) is 0 Å². The highest BCUT2D eigenvalue weighted by molar-refractivity contribution is 5.95. The molecule has 6 bridgehead atoms. The van der Waals surface area contributed by atoms with Gasteiger partial charge in [-0.1, -0.05) is 27.7 Å². The van der Waals surface area contributed by atoms with Crippen LogP contribution in [0.4, 0.5) is 0 Å². The summed E-state index contributed by atoms with van der Waals surface area (Å²) in [6, 6.07) is 8.66. The number of fused-ring (bicyclic) bond motifs is 7. The summed E-state index contributed by atoms with van der Waals surface area (Å²) in [6.07, 6.45) is 7.56. The molecule has 0 spiro atoms. The van der Waals surface area contributed by atoms with Gasteiger partial charge < -0.3 is 4.98 Å². The number of aryl methyl sites for hydroxylation is 4. The number of hydrogen-bond acceptors (Lipinski definition) is 4. The quantitative estimate of drug-likeness (QED) is 0.375. The van der Waals surface area contributed by atoms with Crippen molar-refractivity contribution in [3.8, 4) is 0 Å². The molecular formula is C34H39N5. The largest absolute Gasteiger partial charge is 0.354 e. The molecule has 2 aromatic heterocycles. The molecule has 3 aromatic rings. The third kappa shape index (κ3) is 4.75. The second-order valence-electron chi connectivity index (χ2n) is 10.5. The number of benzene rings is 1. The summed E-state index contributed by atoms with van der Waals surface area (Å²) >= 11 is 0. The standard InChI is InChI=1S/C34H39N5/c1-9-23-21(7)33-17-35-31-13-19(5)20(6)14-32(31)36-18-34-22(8)24(10-2)28(39-34)16-30-26(12-4)25(11-3)29(37-30)15-27(23)38-33/h13-18,38H,9-12H2,1-8H3. The summed E-state index contributed by atoms with van der Waals surface area (Å²) in [5, 5.41) is 0. The van der Waals surface area contributed by atoms with Crippen molar-refractivity contribution in [3.05, 3.63) is 81.7 Å². The molecule has 0 radical (unpaired) electrons. The van der Waals surface area contributed by atoms with Gasteiger partial charge >= 0.3 is 0 Å². The van der Waals surface area contributed by atoms with Crippen LogP contribution in [0, 0.1) is 20.8 Å². The lowest BCUT2D eigenvalue weighted by atomic mass is 9.99. The monoisotopic (exact) mass is 517 g/mol. The molecule has 0 aliphatic carbocycles. The van der Waals surface area contributed by atoms with Crippen LogP contribution in [-0.4, -0.2) is 24.9 Å². The molecule has 39 heavy (non-hydrogen) atoms. The topological polar surface area (TPSA) is 67.3 Å². The van der Waals surface area contributed by atoms with Crippen molar-refractivity contribution in [1.29, 1.82) is 0 Å². The van der Waals surface area contributed by atoms with E-state index in [0.29, 0.717) is 0 Å². The average molecular weight is 518 g/mol. The van der Waals surface area contributed by atoms with Crippen LogP contribution in [0.3, 0.4) is 0 Å². The predicted molar refractivity (Wildman–Crippen MR) is 165 cm³/mol. The molecule has 0 amide bonds. The zero-order valence-electron chi connectivity index (χ0n) is 24.6. The van der Waals surface area contributed by atoms with Crippen molar-refractivity contribution < 1.29 is 0 Å². The predicted octanol–water partition coefficient (Wildman–Crippen LogP) is 8.90. The molecule has 4 heterocycles. The minimum atomic E-state index is 0.846. The number of aromatic nitrogens is 5. The van der Waals surface area contributed by atoms with Crippen molar-refractivity contribution in [2.24, 2.45) is 0 Å². The first-order chi connectivity index (χ1) is 18.8. The van der Waals surface area contributed by atoms with E-state index in [0.717, 1.165) is 70.5 Å². The van der Waals surface area contributed by atoms with E-state index < -0.39 is 0 Å². The van der Waals surface area contributed by atoms with Gasteiger partial charge in [0.15, 0.2) is 0 Å². The highest BCUT2D eigenvalue weighted by Crippen LogP contribution is 2.37. The van der Waals surface area contributed by atoms with E-state index in [1.54, 1.807) is 0 Å². The van der Waals surface area contributed by atoms with Gasteiger partial charge in [-0.25, -0.2) is 9.97 Å². The Bertz CT molecular complexity index is 1730. The molecule has 5 nitrogen and oxygen atoms in total. The van der Waals surface area contributed by atoms with E-state index in [9.17, 15) is 0 Å². The molecule has 0 unspecified atom stereocenters. The maximum Gasteiger partial charge on any atom is 0.0889 e. The van der Waals surface area contributed by atoms with Gasteiger partial charge in [0.05, 0.1) is 51.7 Å². The molecule has 2 aliphatic heterocycles. The fourth-order valence-electron chi connectivity index (χ4n) is 5.83. The van der Waals surface area contributed by atoms with E-state index in [4.69, 9.17) is 19.9 Å². The van der Waals surface area contributed by atoms with Crippen LogP contribution < -0.4 is 0 Å². The van der Waals surface area contributed by atoms with Crippen molar-refractivity contribution in [2.45, 2.75) is 81.1 Å². The van der Waals surface area contributed by atoms with Crippen LogP contribution >= 0.6 is 0 Å². The Morgan fingerprint density at radius 1 is 0.564 bits per heavy atom. The molecule has 0 saturated carbocycles. The van der Waals surface area contributed by atoms with Crippen LogP contribution in [0.2, 0.25) is 0 Å². The number of hydrogen-bond donors (Lipinski definition) is 1. The third-order valence-electron chi connectivity index (χ3n) is 8.28. The van der Waals surface area contributed by atoms with Crippen LogP contribution in [-0.2, 0) is 6.42 Å². The zero-order valence-corrected chi connectivity index (χ0v) is 24.6. The normalized spacial score (nSPS) is 13.3. The number of H-pyrrole nitrogens is 1. The van der Waals surface area contributed by atoms with Crippen LogP contribution in [0.5, 0.6) is 0 Å². The van der Waals surface area contributed by atoms with Crippen molar-refractivity contribution >= 4 is 44.4 Å². The van der Waals surface area contributed by atoms with Crippen LogP contribution in [0.25, 0.3) is 44.4 Å². The van der Waals surface area contributed by atoms with Crippen molar-refractivity contribution in [3.63, 3.8) is 0 Å².